The molecule has 0 saturated carbocycles. The average molecular weight is 235 g/mol. The molecule has 0 fully saturated rings. The van der Waals surface area contributed by atoms with Crippen molar-refractivity contribution in [2.75, 3.05) is 0 Å². The summed E-state index contributed by atoms with van der Waals surface area (Å²) in [5.74, 6) is 0. The van der Waals surface area contributed by atoms with Crippen molar-refractivity contribution in [3.05, 3.63) is 54.6 Å². The lowest BCUT2D eigenvalue weighted by Crippen LogP contribution is -1.75. The molecule has 0 unspecified atom stereocenters. The van der Waals surface area contributed by atoms with E-state index in [1.165, 1.54) is 20.3 Å². The summed E-state index contributed by atoms with van der Waals surface area (Å²) in [6.07, 6.45) is 0. The molecule has 1 nitrogen and oxygen atoms in total. The van der Waals surface area contributed by atoms with E-state index in [0.717, 1.165) is 11.2 Å². The van der Waals surface area contributed by atoms with Crippen LogP contribution < -0.4 is 0 Å². The third-order valence-electron chi connectivity index (χ3n) is 3.05. The minimum Gasteiger partial charge on any atom is -0.247 e. The molecule has 2 aromatic carbocycles. The fourth-order valence-electron chi connectivity index (χ4n) is 2.24. The van der Waals surface area contributed by atoms with Gasteiger partial charge < -0.3 is 0 Å². The quantitative estimate of drug-likeness (QED) is 0.435. The van der Waals surface area contributed by atoms with Crippen molar-refractivity contribution < 1.29 is 0 Å². The first-order valence-corrected chi connectivity index (χ1v) is 6.40. The molecule has 0 bridgehead atoms. The topological polar surface area (TPSA) is 12.9 Å². The minimum atomic E-state index is 1.09. The van der Waals surface area contributed by atoms with Gasteiger partial charge in [-0.05, 0) is 23.6 Å². The molecule has 0 aromatic heterocycles. The van der Waals surface area contributed by atoms with E-state index in [4.69, 9.17) is 0 Å². The molecule has 2 aliphatic rings. The summed E-state index contributed by atoms with van der Waals surface area (Å²) in [5, 5.41) is 2.53. The zero-order chi connectivity index (χ0) is 11.2. The van der Waals surface area contributed by atoms with Gasteiger partial charge in [0.1, 0.15) is 0 Å². The summed E-state index contributed by atoms with van der Waals surface area (Å²) < 4.78 is 1.32. The van der Waals surface area contributed by atoms with Crippen molar-refractivity contribution in [1.29, 1.82) is 0 Å². The summed E-state index contributed by atoms with van der Waals surface area (Å²) >= 11 is 1.82. The van der Waals surface area contributed by atoms with Crippen molar-refractivity contribution in [2.24, 2.45) is 0 Å². The zero-order valence-corrected chi connectivity index (χ0v) is 9.87. The Morgan fingerprint density at radius 2 is 1.71 bits per heavy atom. The van der Waals surface area contributed by atoms with E-state index in [9.17, 15) is 0 Å². The fourth-order valence-corrected chi connectivity index (χ4v) is 3.34. The lowest BCUT2D eigenvalue weighted by molar-refractivity contribution is 1.48. The first-order chi connectivity index (χ1) is 8.42. The maximum Gasteiger partial charge on any atom is 0.0822 e. The molecule has 0 spiro atoms. The molecule has 0 atom stereocenters. The largest absolute Gasteiger partial charge is 0.247 e. The number of aromatic nitrogens is 1. The molecule has 2 aromatic rings. The van der Waals surface area contributed by atoms with Crippen molar-refractivity contribution >= 4 is 32.3 Å². The van der Waals surface area contributed by atoms with Gasteiger partial charge in [-0.15, -0.1) is 11.3 Å². The first kappa shape index (κ1) is 9.14. The van der Waals surface area contributed by atoms with Crippen LogP contribution in [-0.4, -0.2) is 4.98 Å². The SMILES string of the molecule is c1ccc2sc3c4ccccc4nc-3cc2c1. The van der Waals surface area contributed by atoms with E-state index in [-0.39, 0.29) is 0 Å². The Balaban J connectivity index is 2.25. The fraction of sp³-hybridized carbons (Fsp3) is 0. The molecule has 0 radical (unpaired) electrons. The van der Waals surface area contributed by atoms with Gasteiger partial charge in [0.25, 0.3) is 0 Å². The van der Waals surface area contributed by atoms with Gasteiger partial charge in [0.15, 0.2) is 0 Å². The van der Waals surface area contributed by atoms with Crippen LogP contribution in [0.15, 0.2) is 54.6 Å². The van der Waals surface area contributed by atoms with Crippen LogP contribution in [0, 0.1) is 0 Å². The number of benzene rings is 2. The predicted octanol–water partition coefficient (Wildman–Crippen LogP) is 4.55. The number of para-hydroxylation sites is 1. The summed E-state index contributed by atoms with van der Waals surface area (Å²) in [7, 11) is 0. The Hall–Kier alpha value is -1.93. The maximum absolute atomic E-state index is 4.68. The molecule has 4 rings (SSSR count). The van der Waals surface area contributed by atoms with E-state index in [1.807, 2.05) is 17.4 Å². The smallest absolute Gasteiger partial charge is 0.0822 e. The van der Waals surface area contributed by atoms with E-state index in [0.29, 0.717) is 0 Å². The van der Waals surface area contributed by atoms with Gasteiger partial charge in [0.05, 0.1) is 16.1 Å². The van der Waals surface area contributed by atoms with Gasteiger partial charge in [0.2, 0.25) is 0 Å². The second kappa shape index (κ2) is 3.28. The molecule has 2 heterocycles. The Morgan fingerprint density at radius 1 is 0.882 bits per heavy atom. The predicted molar refractivity (Wildman–Crippen MR) is 73.7 cm³/mol. The number of hydrogen-bond acceptors (Lipinski definition) is 2. The summed E-state index contributed by atoms with van der Waals surface area (Å²) in [5.41, 5.74) is 2.20. The van der Waals surface area contributed by atoms with Crippen molar-refractivity contribution in [2.45, 2.75) is 0 Å². The van der Waals surface area contributed by atoms with Gasteiger partial charge in [-0.1, -0.05) is 36.4 Å². The van der Waals surface area contributed by atoms with Crippen LogP contribution in [0.5, 0.6) is 0 Å². The van der Waals surface area contributed by atoms with Gasteiger partial charge in [-0.2, -0.15) is 0 Å². The molecular weight excluding hydrogens is 226 g/mol. The van der Waals surface area contributed by atoms with Crippen LogP contribution in [-0.2, 0) is 0 Å². The van der Waals surface area contributed by atoms with Crippen LogP contribution in [0.1, 0.15) is 0 Å². The molecule has 0 aliphatic carbocycles. The summed E-state index contributed by atoms with van der Waals surface area (Å²) in [4.78, 5) is 5.97. The third kappa shape index (κ3) is 1.28. The van der Waals surface area contributed by atoms with Crippen LogP contribution in [0.25, 0.3) is 31.6 Å². The van der Waals surface area contributed by atoms with E-state index in [2.05, 4.69) is 53.5 Å². The highest BCUT2D eigenvalue weighted by Crippen LogP contribution is 2.38. The first-order valence-electron chi connectivity index (χ1n) is 5.59. The van der Waals surface area contributed by atoms with Crippen LogP contribution in [0.3, 0.4) is 0 Å². The van der Waals surface area contributed by atoms with E-state index >= 15 is 0 Å². The number of fused-ring (bicyclic) bond motifs is 4. The summed E-state index contributed by atoms with van der Waals surface area (Å²) in [6.45, 7) is 0. The number of rotatable bonds is 0. The highest BCUT2D eigenvalue weighted by atomic mass is 32.1. The number of nitrogens with zero attached hydrogens (tertiary/aromatic N) is 1. The molecule has 0 N–H and O–H groups in total. The standard InChI is InChI=1S/C15H9NS/c1-4-8-14-10(5-1)9-13-15(17-14)11-6-2-3-7-12(11)16-13/h1-9H. The molecule has 2 heteroatoms. The van der Waals surface area contributed by atoms with Crippen molar-refractivity contribution in [3.63, 3.8) is 0 Å². The Morgan fingerprint density at radius 3 is 2.71 bits per heavy atom. The molecule has 17 heavy (non-hydrogen) atoms. The second-order valence-corrected chi connectivity index (χ2v) is 5.18. The van der Waals surface area contributed by atoms with Crippen LogP contribution >= 0.6 is 11.3 Å². The molecule has 2 aliphatic heterocycles. The van der Waals surface area contributed by atoms with Gasteiger partial charge in [-0.25, -0.2) is 4.98 Å². The maximum atomic E-state index is 4.68. The van der Waals surface area contributed by atoms with Crippen LogP contribution in [0.2, 0.25) is 0 Å². The lowest BCUT2D eigenvalue weighted by atomic mass is 10.2. The molecule has 0 saturated heterocycles. The molecule has 0 amide bonds. The van der Waals surface area contributed by atoms with Gasteiger partial charge in [0, 0.05) is 10.1 Å². The monoisotopic (exact) mass is 235 g/mol. The zero-order valence-electron chi connectivity index (χ0n) is 9.05. The van der Waals surface area contributed by atoms with E-state index in [1.54, 1.807) is 0 Å². The minimum absolute atomic E-state index is 1.09. The molecule has 80 valence electrons. The summed E-state index contributed by atoms with van der Waals surface area (Å²) in [6, 6.07) is 19.0. The van der Waals surface area contributed by atoms with Crippen LogP contribution in [0.4, 0.5) is 0 Å². The van der Waals surface area contributed by atoms with Crippen molar-refractivity contribution in [3.8, 4) is 10.6 Å². The highest BCUT2D eigenvalue weighted by molar-refractivity contribution is 7.22. The Bertz CT molecular complexity index is 794. The molecular formula is C15H9NS. The normalized spacial score (nSPS) is 11.5. The Kier molecular flexibility index (Phi) is 1.76. The van der Waals surface area contributed by atoms with E-state index < -0.39 is 0 Å². The lowest BCUT2D eigenvalue weighted by Gasteiger charge is -2.00. The Labute approximate surface area is 103 Å². The van der Waals surface area contributed by atoms with Gasteiger partial charge in [-0.3, -0.25) is 0 Å². The second-order valence-electron chi connectivity index (χ2n) is 4.13. The average Bonchev–Trinajstić information content (AvgIpc) is 2.73. The highest BCUT2D eigenvalue weighted by Gasteiger charge is 2.12. The number of hydrogen-bond donors (Lipinski definition) is 0. The van der Waals surface area contributed by atoms with Gasteiger partial charge >= 0.3 is 0 Å². The van der Waals surface area contributed by atoms with Crippen molar-refractivity contribution in [1.82, 2.24) is 4.98 Å². The third-order valence-corrected chi connectivity index (χ3v) is 4.27.